The monoisotopic (exact) mass is 468 g/mol. The molecule has 7 nitrogen and oxygen atoms in total. The summed E-state index contributed by atoms with van der Waals surface area (Å²) in [4.78, 5) is 28.2. The number of piperidine rings is 1. The summed E-state index contributed by atoms with van der Waals surface area (Å²) in [5, 5.41) is 11.6. The van der Waals surface area contributed by atoms with Crippen molar-refractivity contribution in [2.24, 2.45) is 5.92 Å². The van der Waals surface area contributed by atoms with E-state index in [-0.39, 0.29) is 11.8 Å². The number of hydrogen-bond acceptors (Lipinski definition) is 7. The summed E-state index contributed by atoms with van der Waals surface area (Å²) in [6.45, 7) is 2.04. The summed E-state index contributed by atoms with van der Waals surface area (Å²) >= 11 is 2.95. The Balaban J connectivity index is 1.66. The lowest BCUT2D eigenvalue weighted by Crippen LogP contribution is -2.46. The molecule has 1 aliphatic rings. The lowest BCUT2D eigenvalue weighted by molar-refractivity contribution is -0.125. The van der Waals surface area contributed by atoms with Crippen LogP contribution in [0.4, 0.5) is 10.8 Å². The molecule has 1 N–H and O–H groups in total. The molecule has 3 aromatic rings. The average Bonchev–Trinajstić information content (AvgIpc) is 3.26. The Morgan fingerprint density at radius 1 is 1.19 bits per heavy atom. The quantitative estimate of drug-likeness (QED) is 0.397. The van der Waals surface area contributed by atoms with Crippen LogP contribution in [0.5, 0.6) is 5.75 Å². The molecule has 1 aliphatic heterocycles. The summed E-state index contributed by atoms with van der Waals surface area (Å²) < 4.78 is 6.08. The molecule has 1 fully saturated rings. The fraction of sp³-hybridized carbons (Fsp3) is 0.304. The van der Waals surface area contributed by atoms with Crippen LogP contribution in [-0.4, -0.2) is 34.9 Å². The molecule has 2 heterocycles. The number of anilines is 2. The summed E-state index contributed by atoms with van der Waals surface area (Å²) in [6, 6.07) is 16.6. The van der Waals surface area contributed by atoms with Gasteiger partial charge in [-0.25, -0.2) is 0 Å². The lowest BCUT2D eigenvalue weighted by Gasteiger charge is -2.40. The standard InChI is InChI=1S/C23H24N4O3S2/c1-3-31-23-26-25-22(32-23)24-21(29)18-13-14-19(28)27(16-9-11-17(30-2)12-10-16)20(18)15-7-5-4-6-8-15/h4-12,18,20H,3,13-14H2,1-2H3,(H,24,25,29)/t18-,20-/m1/s1. The van der Waals surface area contributed by atoms with E-state index in [9.17, 15) is 9.59 Å². The highest BCUT2D eigenvalue weighted by molar-refractivity contribution is 8.01. The summed E-state index contributed by atoms with van der Waals surface area (Å²) in [5.74, 6) is 1.00. The SMILES string of the molecule is CCSc1nnc(NC(=O)[C@@H]2CCC(=O)N(c3ccc(OC)cc3)[C@@H]2c2ccccc2)s1. The number of carbonyl (C=O) groups is 2. The summed E-state index contributed by atoms with van der Waals surface area (Å²) in [6.07, 6.45) is 0.757. The van der Waals surface area contributed by atoms with E-state index < -0.39 is 12.0 Å². The number of aromatic nitrogens is 2. The highest BCUT2D eigenvalue weighted by Gasteiger charge is 2.41. The zero-order valence-corrected chi connectivity index (χ0v) is 19.5. The summed E-state index contributed by atoms with van der Waals surface area (Å²) in [5.41, 5.74) is 1.65. The molecule has 0 radical (unpaired) electrons. The molecule has 166 valence electrons. The minimum atomic E-state index is -0.428. The van der Waals surface area contributed by atoms with E-state index in [0.29, 0.717) is 23.7 Å². The third kappa shape index (κ3) is 4.78. The van der Waals surface area contributed by atoms with E-state index in [0.717, 1.165) is 21.3 Å². The van der Waals surface area contributed by atoms with E-state index in [1.165, 1.54) is 11.3 Å². The third-order valence-electron chi connectivity index (χ3n) is 5.33. The zero-order chi connectivity index (χ0) is 22.5. The van der Waals surface area contributed by atoms with Gasteiger partial charge in [-0.3, -0.25) is 9.59 Å². The van der Waals surface area contributed by atoms with E-state index in [1.807, 2.05) is 61.5 Å². The Labute approximate surface area is 195 Å². The molecule has 0 saturated carbocycles. The number of thioether (sulfide) groups is 1. The van der Waals surface area contributed by atoms with E-state index in [2.05, 4.69) is 15.5 Å². The number of amides is 2. The number of rotatable bonds is 7. The van der Waals surface area contributed by atoms with Gasteiger partial charge in [0.05, 0.1) is 19.1 Å². The maximum absolute atomic E-state index is 13.4. The van der Waals surface area contributed by atoms with Crippen molar-refractivity contribution in [1.29, 1.82) is 0 Å². The van der Waals surface area contributed by atoms with Crippen LogP contribution in [0.3, 0.4) is 0 Å². The van der Waals surface area contributed by atoms with Crippen LogP contribution in [0.1, 0.15) is 31.4 Å². The second kappa shape index (κ2) is 10.1. The molecule has 0 unspecified atom stereocenters. The van der Waals surface area contributed by atoms with Crippen LogP contribution in [0.2, 0.25) is 0 Å². The molecule has 4 rings (SSSR count). The first-order valence-electron chi connectivity index (χ1n) is 10.4. The van der Waals surface area contributed by atoms with Crippen LogP contribution < -0.4 is 15.0 Å². The van der Waals surface area contributed by atoms with Crippen molar-refractivity contribution in [3.63, 3.8) is 0 Å². The van der Waals surface area contributed by atoms with Crippen molar-refractivity contribution in [2.45, 2.75) is 30.1 Å². The van der Waals surface area contributed by atoms with Crippen molar-refractivity contribution < 1.29 is 14.3 Å². The molecule has 9 heteroatoms. The number of methoxy groups -OCH3 is 1. The van der Waals surface area contributed by atoms with Gasteiger partial charge in [0.25, 0.3) is 0 Å². The van der Waals surface area contributed by atoms with Gasteiger partial charge in [-0.2, -0.15) is 0 Å². The smallest absolute Gasteiger partial charge is 0.231 e. The van der Waals surface area contributed by atoms with Crippen molar-refractivity contribution in [1.82, 2.24) is 10.2 Å². The van der Waals surface area contributed by atoms with Crippen LogP contribution >= 0.6 is 23.1 Å². The largest absolute Gasteiger partial charge is 0.497 e. The maximum Gasteiger partial charge on any atom is 0.231 e. The van der Waals surface area contributed by atoms with Gasteiger partial charge in [-0.05, 0) is 42.0 Å². The molecule has 2 atom stereocenters. The van der Waals surface area contributed by atoms with Crippen LogP contribution in [0.15, 0.2) is 58.9 Å². The van der Waals surface area contributed by atoms with Gasteiger partial charge in [0.15, 0.2) is 4.34 Å². The van der Waals surface area contributed by atoms with Crippen molar-refractivity contribution in [2.75, 3.05) is 23.1 Å². The zero-order valence-electron chi connectivity index (χ0n) is 17.9. The topological polar surface area (TPSA) is 84.4 Å². The van der Waals surface area contributed by atoms with Gasteiger partial charge in [0, 0.05) is 12.1 Å². The van der Waals surface area contributed by atoms with Crippen molar-refractivity contribution in [3.8, 4) is 5.75 Å². The van der Waals surface area contributed by atoms with Crippen molar-refractivity contribution >= 4 is 45.7 Å². The molecule has 2 amide bonds. The highest BCUT2D eigenvalue weighted by atomic mass is 32.2. The molecule has 2 aromatic carbocycles. The molecular weight excluding hydrogens is 444 g/mol. The number of carbonyl (C=O) groups excluding carboxylic acids is 2. The first-order chi connectivity index (χ1) is 15.6. The Kier molecular flexibility index (Phi) is 7.06. The van der Waals surface area contributed by atoms with Crippen LogP contribution in [-0.2, 0) is 9.59 Å². The Morgan fingerprint density at radius 2 is 1.94 bits per heavy atom. The third-order valence-corrected chi connectivity index (χ3v) is 7.18. The second-order valence-corrected chi connectivity index (χ2v) is 9.75. The van der Waals surface area contributed by atoms with Crippen molar-refractivity contribution in [3.05, 3.63) is 60.2 Å². The van der Waals surface area contributed by atoms with Gasteiger partial charge in [-0.15, -0.1) is 10.2 Å². The normalized spacial score (nSPS) is 18.4. The number of nitrogens with one attached hydrogen (secondary N) is 1. The number of benzene rings is 2. The predicted molar refractivity (Wildman–Crippen MR) is 127 cm³/mol. The predicted octanol–water partition coefficient (Wildman–Crippen LogP) is 4.78. The van der Waals surface area contributed by atoms with Gasteiger partial charge in [0.2, 0.25) is 16.9 Å². The first-order valence-corrected chi connectivity index (χ1v) is 12.2. The Morgan fingerprint density at radius 3 is 2.62 bits per heavy atom. The fourth-order valence-corrected chi connectivity index (χ4v) is 5.54. The summed E-state index contributed by atoms with van der Waals surface area (Å²) in [7, 11) is 1.60. The molecular formula is C23H24N4O3S2. The van der Waals surface area contributed by atoms with E-state index >= 15 is 0 Å². The molecule has 0 spiro atoms. The number of ether oxygens (including phenoxy) is 1. The van der Waals surface area contributed by atoms with E-state index in [1.54, 1.807) is 23.8 Å². The minimum absolute atomic E-state index is 0.00869. The lowest BCUT2D eigenvalue weighted by atomic mass is 9.83. The first kappa shape index (κ1) is 22.3. The Bertz CT molecular complexity index is 1070. The van der Waals surface area contributed by atoms with Gasteiger partial charge in [0.1, 0.15) is 5.75 Å². The molecule has 0 aliphatic carbocycles. The minimum Gasteiger partial charge on any atom is -0.497 e. The molecule has 32 heavy (non-hydrogen) atoms. The second-order valence-electron chi connectivity index (χ2n) is 7.26. The fourth-order valence-electron chi connectivity index (χ4n) is 3.89. The molecule has 1 aromatic heterocycles. The van der Waals surface area contributed by atoms with Gasteiger partial charge < -0.3 is 15.0 Å². The van der Waals surface area contributed by atoms with Crippen LogP contribution in [0, 0.1) is 5.92 Å². The van der Waals surface area contributed by atoms with Gasteiger partial charge in [-0.1, -0.05) is 60.4 Å². The highest BCUT2D eigenvalue weighted by Crippen LogP contribution is 2.41. The molecule has 0 bridgehead atoms. The average molecular weight is 469 g/mol. The van der Waals surface area contributed by atoms with Crippen LogP contribution in [0.25, 0.3) is 0 Å². The van der Waals surface area contributed by atoms with Gasteiger partial charge >= 0.3 is 0 Å². The molecule has 1 saturated heterocycles. The number of hydrogen-bond donors (Lipinski definition) is 1. The maximum atomic E-state index is 13.4. The van der Waals surface area contributed by atoms with E-state index in [4.69, 9.17) is 4.74 Å². The number of nitrogens with zero attached hydrogens (tertiary/aromatic N) is 3. The Hall–Kier alpha value is -2.91.